The number of carboxylic acids is 3. The molecule has 0 fully saturated rings. The molecule has 4 unspecified atom stereocenters. The Hall–Kier alpha value is -3.79. The number of aliphatic carboxylic acids is 3. The minimum atomic E-state index is -1.71. The van der Waals surface area contributed by atoms with Crippen molar-refractivity contribution in [3.63, 3.8) is 0 Å². The Morgan fingerprint density at radius 2 is 1.22 bits per heavy atom. The first-order valence-electron chi connectivity index (χ1n) is 11.1. The summed E-state index contributed by atoms with van der Waals surface area (Å²) in [6.07, 6.45) is -1.42. The van der Waals surface area contributed by atoms with Crippen LogP contribution >= 0.6 is 0 Å². The quantitative estimate of drug-likeness (QED) is 0.0755. The Balaban J connectivity index is 5.53. The smallest absolute Gasteiger partial charge is 0.326 e. The van der Waals surface area contributed by atoms with Gasteiger partial charge in [0.2, 0.25) is 23.6 Å². The van der Waals surface area contributed by atoms with Gasteiger partial charge in [-0.15, -0.1) is 0 Å². The van der Waals surface area contributed by atoms with Crippen molar-refractivity contribution in [2.75, 3.05) is 6.54 Å². The van der Waals surface area contributed by atoms with Crippen molar-refractivity contribution in [3.05, 3.63) is 0 Å². The molecule has 4 atom stereocenters. The van der Waals surface area contributed by atoms with E-state index in [2.05, 4.69) is 16.0 Å². The molecule has 0 saturated carbocycles. The van der Waals surface area contributed by atoms with Crippen LogP contribution in [0.4, 0.5) is 0 Å². The zero-order valence-corrected chi connectivity index (χ0v) is 19.6. The van der Waals surface area contributed by atoms with Crippen LogP contribution < -0.4 is 33.2 Å². The fourth-order valence-corrected chi connectivity index (χ4v) is 2.92. The predicted octanol–water partition coefficient (Wildman–Crippen LogP) is -3.41. The zero-order chi connectivity index (χ0) is 27.8. The highest BCUT2D eigenvalue weighted by atomic mass is 16.4. The van der Waals surface area contributed by atoms with Gasteiger partial charge in [0.1, 0.15) is 18.1 Å². The van der Waals surface area contributed by atoms with Crippen molar-refractivity contribution in [2.45, 2.75) is 75.5 Å². The van der Waals surface area contributed by atoms with E-state index in [0.717, 1.165) is 0 Å². The van der Waals surface area contributed by atoms with Crippen molar-refractivity contribution in [2.24, 2.45) is 17.2 Å². The summed E-state index contributed by atoms with van der Waals surface area (Å²) in [6, 6.07) is -5.88. The average Bonchev–Trinajstić information content (AvgIpc) is 2.78. The van der Waals surface area contributed by atoms with Crippen molar-refractivity contribution >= 4 is 41.5 Å². The molecule has 0 aromatic carbocycles. The molecule has 0 heterocycles. The van der Waals surface area contributed by atoms with Gasteiger partial charge in [-0.3, -0.25) is 28.8 Å². The van der Waals surface area contributed by atoms with E-state index >= 15 is 0 Å². The SMILES string of the molecule is NCCCCC(NC(=O)C(CCC(N)=O)NC(=O)C(CC(=O)O)NC(=O)C(N)CCC(=O)O)C(=O)O. The van der Waals surface area contributed by atoms with Crippen LogP contribution in [0.5, 0.6) is 0 Å². The number of amides is 4. The summed E-state index contributed by atoms with van der Waals surface area (Å²) in [6.45, 7) is 0.314. The first kappa shape index (κ1) is 32.2. The summed E-state index contributed by atoms with van der Waals surface area (Å²) in [5, 5.41) is 33.7. The van der Waals surface area contributed by atoms with E-state index in [0.29, 0.717) is 19.4 Å². The first-order chi connectivity index (χ1) is 16.8. The van der Waals surface area contributed by atoms with E-state index in [1.54, 1.807) is 0 Å². The minimum absolute atomic E-state index is 0.0423. The number of rotatable bonds is 19. The van der Waals surface area contributed by atoms with Crippen LogP contribution in [0.3, 0.4) is 0 Å². The number of carbonyl (C=O) groups is 7. The Labute approximate surface area is 206 Å². The van der Waals surface area contributed by atoms with E-state index in [-0.39, 0.29) is 25.7 Å². The number of primary amides is 1. The summed E-state index contributed by atoms with van der Waals surface area (Å²) in [5.41, 5.74) is 16.0. The Morgan fingerprint density at radius 1 is 0.667 bits per heavy atom. The zero-order valence-electron chi connectivity index (χ0n) is 19.6. The van der Waals surface area contributed by atoms with Gasteiger partial charge >= 0.3 is 17.9 Å². The molecule has 4 amide bonds. The fraction of sp³-hybridized carbons (Fsp3) is 0.650. The highest BCUT2D eigenvalue weighted by Gasteiger charge is 2.31. The van der Waals surface area contributed by atoms with Gasteiger partial charge < -0.3 is 48.5 Å². The maximum Gasteiger partial charge on any atom is 0.326 e. The molecule has 204 valence electrons. The molecule has 0 aromatic rings. The number of carboxylic acid groups (broad SMARTS) is 3. The van der Waals surface area contributed by atoms with Crippen LogP contribution in [0.1, 0.15) is 51.4 Å². The number of carbonyl (C=O) groups excluding carboxylic acids is 4. The maximum absolute atomic E-state index is 12.7. The van der Waals surface area contributed by atoms with Crippen LogP contribution in [0.2, 0.25) is 0 Å². The van der Waals surface area contributed by atoms with Gasteiger partial charge in [0.25, 0.3) is 0 Å². The van der Waals surface area contributed by atoms with E-state index in [9.17, 15) is 38.7 Å². The summed E-state index contributed by atoms with van der Waals surface area (Å²) >= 11 is 0. The highest BCUT2D eigenvalue weighted by molar-refractivity contribution is 5.95. The minimum Gasteiger partial charge on any atom is -0.481 e. The van der Waals surface area contributed by atoms with Gasteiger partial charge in [0.15, 0.2) is 0 Å². The molecule has 16 heteroatoms. The largest absolute Gasteiger partial charge is 0.481 e. The van der Waals surface area contributed by atoms with Crippen LogP contribution in [-0.4, -0.2) is 87.6 Å². The third kappa shape index (κ3) is 13.8. The van der Waals surface area contributed by atoms with Crippen LogP contribution in [0.25, 0.3) is 0 Å². The monoisotopic (exact) mass is 518 g/mol. The number of unbranched alkanes of at least 4 members (excludes halogenated alkanes) is 1. The molecule has 0 radical (unpaired) electrons. The summed E-state index contributed by atoms with van der Waals surface area (Å²) in [7, 11) is 0. The van der Waals surface area contributed by atoms with E-state index < -0.39 is 78.5 Å². The molecule has 0 aliphatic rings. The molecule has 16 nitrogen and oxygen atoms in total. The van der Waals surface area contributed by atoms with Crippen molar-refractivity contribution in [1.82, 2.24) is 16.0 Å². The molecule has 0 bridgehead atoms. The fourth-order valence-electron chi connectivity index (χ4n) is 2.92. The van der Waals surface area contributed by atoms with Gasteiger partial charge in [-0.1, -0.05) is 0 Å². The summed E-state index contributed by atoms with van der Waals surface area (Å²) < 4.78 is 0. The van der Waals surface area contributed by atoms with Crippen LogP contribution in [0, 0.1) is 0 Å². The summed E-state index contributed by atoms with van der Waals surface area (Å²) in [4.78, 5) is 82.2. The molecule has 12 N–H and O–H groups in total. The second-order valence-electron chi connectivity index (χ2n) is 7.95. The van der Waals surface area contributed by atoms with Gasteiger partial charge in [0.05, 0.1) is 12.5 Å². The Bertz CT molecular complexity index is 821. The second-order valence-corrected chi connectivity index (χ2v) is 7.95. The van der Waals surface area contributed by atoms with E-state index in [1.165, 1.54) is 0 Å². The lowest BCUT2D eigenvalue weighted by molar-refractivity contribution is -0.143. The molecule has 0 aliphatic heterocycles. The van der Waals surface area contributed by atoms with E-state index in [1.807, 2.05) is 0 Å². The lowest BCUT2D eigenvalue weighted by Gasteiger charge is -2.24. The topological polar surface area (TPSA) is 294 Å². The molecule has 0 rings (SSSR count). The number of hydrogen-bond acceptors (Lipinski definition) is 9. The lowest BCUT2D eigenvalue weighted by Crippen LogP contribution is -2.57. The standard InChI is InChI=1S/C20H34N6O10/c21-8-2-1-3-12(20(35)36)25-18(33)11(5-6-14(23)27)24-19(34)13(9-16(30)31)26-17(32)10(22)4-7-15(28)29/h10-13H,1-9,21-22H2,(H2,23,27)(H,24,34)(H,25,33)(H,26,32)(H,28,29)(H,30,31)(H,35,36). The third-order valence-corrected chi connectivity index (χ3v) is 4.89. The van der Waals surface area contributed by atoms with Crippen molar-refractivity contribution in [1.29, 1.82) is 0 Å². The van der Waals surface area contributed by atoms with Gasteiger partial charge in [0, 0.05) is 12.8 Å². The van der Waals surface area contributed by atoms with Crippen LogP contribution in [0.15, 0.2) is 0 Å². The first-order valence-corrected chi connectivity index (χ1v) is 11.1. The van der Waals surface area contributed by atoms with Crippen molar-refractivity contribution < 1.29 is 48.9 Å². The van der Waals surface area contributed by atoms with Crippen LogP contribution in [-0.2, 0) is 33.6 Å². The summed E-state index contributed by atoms with van der Waals surface area (Å²) in [5.74, 6) is -7.96. The van der Waals surface area contributed by atoms with Gasteiger partial charge in [-0.05, 0) is 38.6 Å². The second kappa shape index (κ2) is 16.8. The number of nitrogens with one attached hydrogen (secondary N) is 3. The van der Waals surface area contributed by atoms with E-state index in [4.69, 9.17) is 27.4 Å². The Morgan fingerprint density at radius 3 is 1.72 bits per heavy atom. The predicted molar refractivity (Wildman–Crippen MR) is 122 cm³/mol. The third-order valence-electron chi connectivity index (χ3n) is 4.89. The molecule has 0 saturated heterocycles. The average molecular weight is 519 g/mol. The molecule has 0 spiro atoms. The highest BCUT2D eigenvalue weighted by Crippen LogP contribution is 2.06. The molecule has 0 aromatic heterocycles. The molecule has 36 heavy (non-hydrogen) atoms. The normalized spacial score (nSPS) is 13.9. The number of nitrogens with two attached hydrogens (primary N) is 3. The maximum atomic E-state index is 12.7. The molecule has 0 aliphatic carbocycles. The van der Waals surface area contributed by atoms with Gasteiger partial charge in [-0.25, -0.2) is 4.79 Å². The lowest BCUT2D eigenvalue weighted by atomic mass is 10.1. The Kier molecular flexibility index (Phi) is 15.0. The van der Waals surface area contributed by atoms with Gasteiger partial charge in [-0.2, -0.15) is 0 Å². The number of hydrogen-bond donors (Lipinski definition) is 9. The van der Waals surface area contributed by atoms with Crippen molar-refractivity contribution in [3.8, 4) is 0 Å². The molecular weight excluding hydrogens is 484 g/mol. The molecular formula is C20H34N6O10.